The fourth-order valence-corrected chi connectivity index (χ4v) is 2.88. The number of nitrogens with zero attached hydrogens (tertiary/aromatic N) is 3. The minimum absolute atomic E-state index is 0.00689. The number of hydrogen-bond donors (Lipinski definition) is 2. The molecule has 0 aromatic carbocycles. The highest BCUT2D eigenvalue weighted by Gasteiger charge is 2.31. The number of aliphatic hydroxyl groups is 1. The fourth-order valence-electron chi connectivity index (χ4n) is 2.88. The lowest BCUT2D eigenvalue weighted by atomic mass is 9.92. The lowest BCUT2D eigenvalue weighted by Crippen LogP contribution is -2.33. The third-order valence-corrected chi connectivity index (χ3v) is 4.28. The predicted octanol–water partition coefficient (Wildman–Crippen LogP) is 2.74. The summed E-state index contributed by atoms with van der Waals surface area (Å²) in [7, 11) is 0. The van der Waals surface area contributed by atoms with Gasteiger partial charge in [-0.3, -0.25) is 0 Å². The van der Waals surface area contributed by atoms with Crippen molar-refractivity contribution in [1.29, 1.82) is 0 Å². The van der Waals surface area contributed by atoms with Gasteiger partial charge in [-0.15, -0.1) is 0 Å². The topological polar surface area (TPSA) is 62.5 Å². The normalized spacial score (nSPS) is 18.3. The first kappa shape index (κ1) is 14.3. The Morgan fingerprint density at radius 1 is 1.33 bits per heavy atom. The van der Waals surface area contributed by atoms with Gasteiger partial charge in [0, 0.05) is 24.4 Å². The average Bonchev–Trinajstić information content (AvgIpc) is 3.02. The maximum Gasteiger partial charge on any atom is 0.152 e. The van der Waals surface area contributed by atoms with Crippen LogP contribution in [0.25, 0.3) is 5.52 Å². The van der Waals surface area contributed by atoms with Crippen molar-refractivity contribution in [2.45, 2.75) is 57.5 Å². The van der Waals surface area contributed by atoms with Crippen LogP contribution in [0.4, 0.5) is 5.82 Å². The quantitative estimate of drug-likeness (QED) is 0.911. The Morgan fingerprint density at radius 3 is 2.71 bits per heavy atom. The molecule has 2 heterocycles. The minimum atomic E-state index is -0.582. The van der Waals surface area contributed by atoms with Crippen LogP contribution in [-0.4, -0.2) is 31.9 Å². The molecule has 3 rings (SSSR count). The molecular formula is C16H24N4O. The van der Waals surface area contributed by atoms with Gasteiger partial charge < -0.3 is 10.4 Å². The molecule has 5 heteroatoms. The predicted molar refractivity (Wildman–Crippen MR) is 83.6 cm³/mol. The largest absolute Gasteiger partial charge is 0.388 e. The standard InChI is InChI=1S/C16H24N4O/c1-15(2,3)13-10-12-14(17-8-9-20(12)19-13)18-11-16(21)6-4-5-7-16/h8-10,21H,4-7,11H2,1-3H3,(H,17,18). The highest BCUT2D eigenvalue weighted by molar-refractivity contribution is 5.68. The zero-order valence-corrected chi connectivity index (χ0v) is 13.1. The van der Waals surface area contributed by atoms with E-state index in [0.29, 0.717) is 6.54 Å². The smallest absolute Gasteiger partial charge is 0.152 e. The number of anilines is 1. The van der Waals surface area contributed by atoms with Crippen molar-refractivity contribution >= 4 is 11.3 Å². The third kappa shape index (κ3) is 2.88. The van der Waals surface area contributed by atoms with Gasteiger partial charge in [0.05, 0.1) is 11.3 Å². The van der Waals surface area contributed by atoms with E-state index in [-0.39, 0.29) is 5.41 Å². The van der Waals surface area contributed by atoms with Gasteiger partial charge in [-0.2, -0.15) is 5.10 Å². The third-order valence-electron chi connectivity index (χ3n) is 4.28. The molecule has 0 amide bonds. The van der Waals surface area contributed by atoms with Crippen LogP contribution < -0.4 is 5.32 Å². The molecule has 2 aromatic heterocycles. The van der Waals surface area contributed by atoms with Crippen LogP contribution in [0.1, 0.15) is 52.1 Å². The van der Waals surface area contributed by atoms with Gasteiger partial charge in [0.15, 0.2) is 5.82 Å². The second kappa shape index (κ2) is 4.98. The molecule has 21 heavy (non-hydrogen) atoms. The second-order valence-corrected chi connectivity index (χ2v) is 7.17. The van der Waals surface area contributed by atoms with Crippen molar-refractivity contribution in [1.82, 2.24) is 14.6 Å². The molecule has 0 bridgehead atoms. The van der Waals surface area contributed by atoms with Gasteiger partial charge in [-0.1, -0.05) is 33.6 Å². The van der Waals surface area contributed by atoms with E-state index in [0.717, 1.165) is 42.7 Å². The molecule has 1 aliphatic rings. The van der Waals surface area contributed by atoms with Gasteiger partial charge in [0.2, 0.25) is 0 Å². The molecule has 2 aromatic rings. The lowest BCUT2D eigenvalue weighted by molar-refractivity contribution is 0.0614. The molecule has 5 nitrogen and oxygen atoms in total. The number of hydrogen-bond acceptors (Lipinski definition) is 4. The summed E-state index contributed by atoms with van der Waals surface area (Å²) in [5.74, 6) is 0.792. The van der Waals surface area contributed by atoms with E-state index in [1.165, 1.54) is 0 Å². The summed E-state index contributed by atoms with van der Waals surface area (Å²) in [6, 6.07) is 2.08. The van der Waals surface area contributed by atoms with Gasteiger partial charge in [0.25, 0.3) is 0 Å². The molecule has 0 atom stereocenters. The first-order valence-corrected chi connectivity index (χ1v) is 7.69. The van der Waals surface area contributed by atoms with Crippen molar-refractivity contribution in [3.8, 4) is 0 Å². The maximum absolute atomic E-state index is 10.4. The van der Waals surface area contributed by atoms with Crippen molar-refractivity contribution in [2.24, 2.45) is 0 Å². The molecular weight excluding hydrogens is 264 g/mol. The molecule has 1 aliphatic carbocycles. The Balaban J connectivity index is 1.86. The molecule has 0 aliphatic heterocycles. The molecule has 0 unspecified atom stereocenters. The Kier molecular flexibility index (Phi) is 3.40. The Bertz CT molecular complexity index is 635. The summed E-state index contributed by atoms with van der Waals surface area (Å²) in [5, 5.41) is 18.4. The van der Waals surface area contributed by atoms with E-state index in [4.69, 9.17) is 0 Å². The SMILES string of the molecule is CC(C)(C)c1cc2c(NCC3(O)CCCC3)nccn2n1. The molecule has 1 fully saturated rings. The summed E-state index contributed by atoms with van der Waals surface area (Å²) in [5.41, 5.74) is 1.43. The van der Waals surface area contributed by atoms with Gasteiger partial charge >= 0.3 is 0 Å². The summed E-state index contributed by atoms with van der Waals surface area (Å²) in [4.78, 5) is 4.41. The number of fused-ring (bicyclic) bond motifs is 1. The van der Waals surface area contributed by atoms with E-state index >= 15 is 0 Å². The van der Waals surface area contributed by atoms with E-state index in [1.54, 1.807) is 6.20 Å². The first-order chi connectivity index (χ1) is 9.87. The van der Waals surface area contributed by atoms with Crippen LogP contribution in [0.15, 0.2) is 18.5 Å². The molecule has 114 valence electrons. The Morgan fingerprint density at radius 2 is 2.05 bits per heavy atom. The fraction of sp³-hybridized carbons (Fsp3) is 0.625. The first-order valence-electron chi connectivity index (χ1n) is 7.69. The molecule has 0 saturated heterocycles. The van der Waals surface area contributed by atoms with Crippen LogP contribution in [0, 0.1) is 0 Å². The second-order valence-electron chi connectivity index (χ2n) is 7.17. The van der Waals surface area contributed by atoms with Gasteiger partial charge in [-0.05, 0) is 18.9 Å². The zero-order valence-electron chi connectivity index (χ0n) is 13.1. The molecule has 2 N–H and O–H groups in total. The van der Waals surface area contributed by atoms with Crippen molar-refractivity contribution < 1.29 is 5.11 Å². The summed E-state index contributed by atoms with van der Waals surface area (Å²) < 4.78 is 1.86. The van der Waals surface area contributed by atoms with Crippen molar-refractivity contribution in [3.05, 3.63) is 24.2 Å². The summed E-state index contributed by atoms with van der Waals surface area (Å²) in [6.45, 7) is 7.00. The van der Waals surface area contributed by atoms with Gasteiger partial charge in [-0.25, -0.2) is 9.50 Å². The number of nitrogens with one attached hydrogen (secondary N) is 1. The summed E-state index contributed by atoms with van der Waals surface area (Å²) >= 11 is 0. The van der Waals surface area contributed by atoms with Gasteiger partial charge in [0.1, 0.15) is 5.52 Å². The molecule has 0 radical (unpaired) electrons. The minimum Gasteiger partial charge on any atom is -0.388 e. The number of rotatable bonds is 3. The highest BCUT2D eigenvalue weighted by Crippen LogP contribution is 2.30. The average molecular weight is 288 g/mol. The Hall–Kier alpha value is -1.62. The van der Waals surface area contributed by atoms with Crippen LogP contribution in [0.5, 0.6) is 0 Å². The Labute approximate surface area is 125 Å². The van der Waals surface area contributed by atoms with E-state index in [2.05, 4.69) is 42.2 Å². The van der Waals surface area contributed by atoms with E-state index < -0.39 is 5.60 Å². The van der Waals surface area contributed by atoms with Crippen LogP contribution in [-0.2, 0) is 5.41 Å². The highest BCUT2D eigenvalue weighted by atomic mass is 16.3. The van der Waals surface area contributed by atoms with Crippen LogP contribution >= 0.6 is 0 Å². The monoisotopic (exact) mass is 288 g/mol. The lowest BCUT2D eigenvalue weighted by Gasteiger charge is -2.22. The summed E-state index contributed by atoms with van der Waals surface area (Å²) in [6.07, 6.45) is 7.56. The van der Waals surface area contributed by atoms with E-state index in [1.807, 2.05) is 10.7 Å². The van der Waals surface area contributed by atoms with Crippen molar-refractivity contribution in [3.63, 3.8) is 0 Å². The molecule has 1 saturated carbocycles. The van der Waals surface area contributed by atoms with E-state index in [9.17, 15) is 5.11 Å². The van der Waals surface area contributed by atoms with Crippen molar-refractivity contribution in [2.75, 3.05) is 11.9 Å². The maximum atomic E-state index is 10.4. The van der Waals surface area contributed by atoms with Crippen LogP contribution in [0.3, 0.4) is 0 Å². The zero-order chi connectivity index (χ0) is 15.1. The number of aromatic nitrogens is 3. The molecule has 0 spiro atoms. The van der Waals surface area contributed by atoms with Crippen LogP contribution in [0.2, 0.25) is 0 Å².